The lowest BCUT2D eigenvalue weighted by Crippen LogP contribution is -2.32. The zero-order valence-corrected chi connectivity index (χ0v) is 16.8. The maximum atomic E-state index is 13.1. The van der Waals surface area contributed by atoms with Gasteiger partial charge in [-0.05, 0) is 35.6 Å². The molecule has 0 bridgehead atoms. The molecule has 0 aliphatic carbocycles. The predicted molar refractivity (Wildman–Crippen MR) is 111 cm³/mol. The first-order valence-electron chi connectivity index (χ1n) is 9.52. The van der Waals surface area contributed by atoms with Crippen molar-refractivity contribution in [2.24, 2.45) is 0 Å². The van der Waals surface area contributed by atoms with Gasteiger partial charge in [-0.15, -0.1) is 11.3 Å². The number of amides is 1. The molecule has 29 heavy (non-hydrogen) atoms. The molecule has 150 valence electrons. The highest BCUT2D eigenvalue weighted by atomic mass is 32.1. The van der Waals surface area contributed by atoms with Crippen molar-refractivity contribution in [1.29, 1.82) is 0 Å². The predicted octanol–water partition coefficient (Wildman–Crippen LogP) is 3.62. The summed E-state index contributed by atoms with van der Waals surface area (Å²) in [5, 5.41) is 20.8. The number of aromatic nitrogens is 1. The standard InChI is InChI=1S/C22H22N2O4S/c1-2-17-20(13-5-7-14(8-6-13)22(27)28)15-10-24(11-18(15)23-17)21(26)16(12-25)19-4-3-9-29-19/h3-9,16,23,25H,2,10-12H2,1H3,(H,27,28). The van der Waals surface area contributed by atoms with Crippen molar-refractivity contribution in [3.05, 3.63) is 69.2 Å². The highest BCUT2D eigenvalue weighted by Crippen LogP contribution is 2.37. The minimum Gasteiger partial charge on any atom is -0.478 e. The maximum absolute atomic E-state index is 13.1. The first-order chi connectivity index (χ1) is 14.0. The lowest BCUT2D eigenvalue weighted by Gasteiger charge is -2.21. The number of benzene rings is 1. The number of carboxylic acids is 1. The summed E-state index contributed by atoms with van der Waals surface area (Å²) >= 11 is 1.48. The van der Waals surface area contributed by atoms with Gasteiger partial charge in [0.05, 0.1) is 24.6 Å². The molecule has 1 aromatic carbocycles. The zero-order valence-electron chi connectivity index (χ0n) is 16.0. The van der Waals surface area contributed by atoms with Gasteiger partial charge in [-0.3, -0.25) is 4.79 Å². The number of rotatable bonds is 6. The van der Waals surface area contributed by atoms with Crippen molar-refractivity contribution in [2.45, 2.75) is 32.4 Å². The Hall–Kier alpha value is -2.90. The van der Waals surface area contributed by atoms with E-state index in [0.29, 0.717) is 13.1 Å². The normalized spacial score (nSPS) is 14.1. The van der Waals surface area contributed by atoms with Gasteiger partial charge in [0.15, 0.2) is 0 Å². The van der Waals surface area contributed by atoms with Crippen LogP contribution in [0.3, 0.4) is 0 Å². The van der Waals surface area contributed by atoms with Crippen LogP contribution in [0.25, 0.3) is 11.1 Å². The molecule has 3 heterocycles. The minimum absolute atomic E-state index is 0.0789. The molecule has 0 saturated carbocycles. The van der Waals surface area contributed by atoms with Crippen LogP contribution in [0.15, 0.2) is 41.8 Å². The van der Waals surface area contributed by atoms with E-state index in [0.717, 1.165) is 39.4 Å². The molecular formula is C22H22N2O4S. The molecule has 6 nitrogen and oxygen atoms in total. The molecule has 2 aromatic heterocycles. The molecule has 0 radical (unpaired) electrons. The second kappa shape index (κ2) is 7.85. The van der Waals surface area contributed by atoms with E-state index in [1.165, 1.54) is 11.3 Å². The molecule has 1 aliphatic rings. The number of hydrogen-bond donors (Lipinski definition) is 3. The van der Waals surface area contributed by atoms with Crippen LogP contribution in [-0.4, -0.2) is 38.6 Å². The maximum Gasteiger partial charge on any atom is 0.335 e. The van der Waals surface area contributed by atoms with Gasteiger partial charge in [-0.25, -0.2) is 4.79 Å². The fourth-order valence-electron chi connectivity index (χ4n) is 3.95. The van der Waals surface area contributed by atoms with E-state index >= 15 is 0 Å². The van der Waals surface area contributed by atoms with Gasteiger partial charge in [0.1, 0.15) is 0 Å². The summed E-state index contributed by atoms with van der Waals surface area (Å²) in [5.74, 6) is -1.57. The van der Waals surface area contributed by atoms with Gasteiger partial charge in [0.25, 0.3) is 0 Å². The number of aromatic amines is 1. The highest BCUT2D eigenvalue weighted by Gasteiger charge is 2.33. The second-order valence-corrected chi connectivity index (χ2v) is 8.10. The molecule has 4 rings (SSSR count). The number of thiophene rings is 1. The second-order valence-electron chi connectivity index (χ2n) is 7.12. The highest BCUT2D eigenvalue weighted by molar-refractivity contribution is 7.10. The van der Waals surface area contributed by atoms with Crippen molar-refractivity contribution in [3.63, 3.8) is 0 Å². The quantitative estimate of drug-likeness (QED) is 0.579. The number of carbonyl (C=O) groups excluding carboxylic acids is 1. The number of aliphatic hydroxyl groups excluding tert-OH is 1. The number of aromatic carboxylic acids is 1. The Morgan fingerprint density at radius 3 is 2.55 bits per heavy atom. The number of carboxylic acid groups (broad SMARTS) is 1. The zero-order chi connectivity index (χ0) is 20.5. The summed E-state index contributed by atoms with van der Waals surface area (Å²) in [4.78, 5) is 30.3. The smallest absolute Gasteiger partial charge is 0.335 e. The SMILES string of the molecule is CCc1[nH]c2c(c1-c1ccc(C(=O)O)cc1)CN(C(=O)C(CO)c1cccs1)C2. The number of hydrogen-bond acceptors (Lipinski definition) is 4. The number of aryl methyl sites for hydroxylation is 1. The third-order valence-electron chi connectivity index (χ3n) is 5.42. The minimum atomic E-state index is -0.952. The van der Waals surface area contributed by atoms with Crippen molar-refractivity contribution >= 4 is 23.2 Å². The van der Waals surface area contributed by atoms with Crippen molar-refractivity contribution in [1.82, 2.24) is 9.88 Å². The third kappa shape index (κ3) is 3.47. The molecular weight excluding hydrogens is 388 g/mol. The van der Waals surface area contributed by atoms with E-state index in [9.17, 15) is 14.7 Å². The van der Waals surface area contributed by atoms with Crippen LogP contribution in [0.4, 0.5) is 0 Å². The van der Waals surface area contributed by atoms with Crippen LogP contribution >= 0.6 is 11.3 Å². The van der Waals surface area contributed by atoms with Crippen molar-refractivity contribution in [2.75, 3.05) is 6.61 Å². The van der Waals surface area contributed by atoms with E-state index < -0.39 is 11.9 Å². The number of nitrogens with zero attached hydrogens (tertiary/aromatic N) is 1. The molecule has 1 aliphatic heterocycles. The Balaban J connectivity index is 1.63. The average Bonchev–Trinajstić information content (AvgIpc) is 3.44. The Morgan fingerprint density at radius 2 is 1.97 bits per heavy atom. The topological polar surface area (TPSA) is 93.6 Å². The molecule has 1 unspecified atom stereocenters. The van der Waals surface area contributed by atoms with Crippen LogP contribution in [0.5, 0.6) is 0 Å². The van der Waals surface area contributed by atoms with Gasteiger partial charge >= 0.3 is 5.97 Å². The van der Waals surface area contributed by atoms with Crippen LogP contribution in [0, 0.1) is 0 Å². The number of H-pyrrole nitrogens is 1. The fraction of sp³-hybridized carbons (Fsp3) is 0.273. The summed E-state index contributed by atoms with van der Waals surface area (Å²) in [6, 6.07) is 10.6. The van der Waals surface area contributed by atoms with Gasteiger partial charge < -0.3 is 20.1 Å². The van der Waals surface area contributed by atoms with E-state index in [1.54, 1.807) is 17.0 Å². The largest absolute Gasteiger partial charge is 0.478 e. The first kappa shape index (κ1) is 19.4. The van der Waals surface area contributed by atoms with E-state index in [4.69, 9.17) is 5.11 Å². The van der Waals surface area contributed by atoms with Crippen LogP contribution in [0.1, 0.15) is 45.0 Å². The van der Waals surface area contributed by atoms with Crippen molar-refractivity contribution in [3.8, 4) is 11.1 Å². The molecule has 0 saturated heterocycles. The summed E-state index contributed by atoms with van der Waals surface area (Å²) in [6.07, 6.45) is 0.811. The molecule has 3 aromatic rings. The van der Waals surface area contributed by atoms with E-state index in [-0.39, 0.29) is 18.1 Å². The van der Waals surface area contributed by atoms with Gasteiger partial charge in [-0.1, -0.05) is 25.1 Å². The summed E-state index contributed by atoms with van der Waals surface area (Å²) in [5.41, 5.74) is 5.40. The average molecular weight is 410 g/mol. The monoisotopic (exact) mass is 410 g/mol. The molecule has 1 atom stereocenters. The third-order valence-corrected chi connectivity index (χ3v) is 6.41. The number of nitrogens with one attached hydrogen (secondary N) is 1. The number of carbonyl (C=O) groups is 2. The lowest BCUT2D eigenvalue weighted by molar-refractivity contribution is -0.134. The Bertz CT molecular complexity index is 1040. The summed E-state index contributed by atoms with van der Waals surface area (Å²) in [6.45, 7) is 2.81. The molecule has 0 fully saturated rings. The Kier molecular flexibility index (Phi) is 5.25. The van der Waals surface area contributed by atoms with Gasteiger partial charge in [0, 0.05) is 33.9 Å². The molecule has 0 spiro atoms. The Morgan fingerprint density at radius 1 is 1.21 bits per heavy atom. The van der Waals surface area contributed by atoms with Gasteiger partial charge in [0.2, 0.25) is 5.91 Å². The van der Waals surface area contributed by atoms with Crippen LogP contribution in [-0.2, 0) is 24.3 Å². The fourth-order valence-corrected chi connectivity index (χ4v) is 4.76. The molecule has 3 N–H and O–H groups in total. The van der Waals surface area contributed by atoms with Crippen LogP contribution < -0.4 is 0 Å². The summed E-state index contributed by atoms with van der Waals surface area (Å²) in [7, 11) is 0. The van der Waals surface area contributed by atoms with Crippen LogP contribution in [0.2, 0.25) is 0 Å². The number of aliphatic hydroxyl groups is 1. The number of fused-ring (bicyclic) bond motifs is 1. The molecule has 7 heteroatoms. The Labute approximate surface area is 172 Å². The molecule has 1 amide bonds. The van der Waals surface area contributed by atoms with E-state index in [1.807, 2.05) is 29.6 Å². The summed E-state index contributed by atoms with van der Waals surface area (Å²) < 4.78 is 0. The first-order valence-corrected chi connectivity index (χ1v) is 10.4. The lowest BCUT2D eigenvalue weighted by atomic mass is 9.98. The van der Waals surface area contributed by atoms with Crippen molar-refractivity contribution < 1.29 is 19.8 Å². The van der Waals surface area contributed by atoms with E-state index in [2.05, 4.69) is 11.9 Å². The van der Waals surface area contributed by atoms with Gasteiger partial charge in [-0.2, -0.15) is 0 Å².